The number of aryl methyl sites for hydroxylation is 2. The number of benzene rings is 1. The lowest BCUT2D eigenvalue weighted by Crippen LogP contribution is -2.10. The number of hydrogen-bond acceptors (Lipinski definition) is 6. The largest absolute Gasteiger partial charge is 0.416 e. The van der Waals surface area contributed by atoms with Crippen molar-refractivity contribution in [3.8, 4) is 11.4 Å². The van der Waals surface area contributed by atoms with Gasteiger partial charge in [0.2, 0.25) is 0 Å². The third kappa shape index (κ3) is 4.03. The zero-order valence-corrected chi connectivity index (χ0v) is 17.8. The van der Waals surface area contributed by atoms with E-state index in [2.05, 4.69) is 20.4 Å². The molecule has 32 heavy (non-hydrogen) atoms. The smallest absolute Gasteiger partial charge is 0.395 e. The fraction of sp³-hybridized carbons (Fsp3) is 0.333. The minimum Gasteiger partial charge on any atom is -0.395 e. The number of aliphatic hydroxyl groups is 1. The van der Waals surface area contributed by atoms with Gasteiger partial charge in [0.15, 0.2) is 17.3 Å². The molecular weight excluding hydrogens is 423 g/mol. The van der Waals surface area contributed by atoms with Crippen LogP contribution >= 0.6 is 0 Å². The van der Waals surface area contributed by atoms with E-state index in [-0.39, 0.29) is 19.7 Å². The van der Waals surface area contributed by atoms with Gasteiger partial charge in [0.25, 0.3) is 0 Å². The van der Waals surface area contributed by atoms with Gasteiger partial charge in [-0.3, -0.25) is 4.68 Å². The minimum atomic E-state index is -4.38. The number of halogens is 3. The fourth-order valence-corrected chi connectivity index (χ4v) is 3.56. The number of aliphatic hydroxyl groups excluding tert-OH is 1. The van der Waals surface area contributed by atoms with E-state index < -0.39 is 11.7 Å². The lowest BCUT2D eigenvalue weighted by Gasteiger charge is -2.10. The average Bonchev–Trinajstić information content (AvgIpc) is 3.25. The normalized spacial score (nSPS) is 12.0. The van der Waals surface area contributed by atoms with Crippen molar-refractivity contribution in [1.82, 2.24) is 29.3 Å². The van der Waals surface area contributed by atoms with Crippen LogP contribution in [0.5, 0.6) is 0 Å². The Morgan fingerprint density at radius 1 is 1.09 bits per heavy atom. The van der Waals surface area contributed by atoms with Gasteiger partial charge in [-0.15, -0.1) is 0 Å². The first-order chi connectivity index (χ1) is 15.2. The average molecular weight is 445 g/mol. The first-order valence-electron chi connectivity index (χ1n) is 9.93. The predicted octanol–water partition coefficient (Wildman–Crippen LogP) is 3.31. The number of imidazole rings is 1. The maximum atomic E-state index is 12.9. The van der Waals surface area contributed by atoms with E-state index in [9.17, 15) is 18.3 Å². The van der Waals surface area contributed by atoms with Crippen LogP contribution in [0.25, 0.3) is 22.6 Å². The highest BCUT2D eigenvalue weighted by molar-refractivity contribution is 5.85. The highest BCUT2D eigenvalue weighted by Crippen LogP contribution is 2.30. The summed E-state index contributed by atoms with van der Waals surface area (Å²) in [6, 6.07) is 5.01. The van der Waals surface area contributed by atoms with Gasteiger partial charge in [0, 0.05) is 19.3 Å². The molecule has 0 spiro atoms. The number of rotatable bonds is 6. The van der Waals surface area contributed by atoms with Gasteiger partial charge in [-0.2, -0.15) is 18.3 Å². The summed E-state index contributed by atoms with van der Waals surface area (Å²) in [5.41, 5.74) is 3.47. The molecule has 0 atom stereocenters. The van der Waals surface area contributed by atoms with Gasteiger partial charge in [-0.05, 0) is 31.5 Å². The number of hydrogen-bond donors (Lipinski definition) is 2. The summed E-state index contributed by atoms with van der Waals surface area (Å²) in [4.78, 5) is 13.7. The van der Waals surface area contributed by atoms with E-state index in [1.54, 1.807) is 15.6 Å². The molecule has 0 saturated carbocycles. The van der Waals surface area contributed by atoms with Gasteiger partial charge in [0.05, 0.1) is 36.3 Å². The van der Waals surface area contributed by atoms with E-state index in [4.69, 9.17) is 4.98 Å². The number of nitrogens with zero attached hydrogens (tertiary/aromatic N) is 6. The van der Waals surface area contributed by atoms with Crippen LogP contribution in [0, 0.1) is 13.8 Å². The molecule has 0 amide bonds. The quantitative estimate of drug-likeness (QED) is 0.473. The van der Waals surface area contributed by atoms with E-state index in [0.717, 1.165) is 29.1 Å². The number of aromatic nitrogens is 6. The first kappa shape index (κ1) is 21.8. The molecule has 4 aromatic rings. The zero-order valence-electron chi connectivity index (χ0n) is 17.8. The minimum absolute atomic E-state index is 0.0853. The zero-order chi connectivity index (χ0) is 23.0. The fourth-order valence-electron chi connectivity index (χ4n) is 3.56. The molecule has 3 aromatic heterocycles. The summed E-state index contributed by atoms with van der Waals surface area (Å²) < 4.78 is 42.1. The molecule has 0 aliphatic heterocycles. The first-order valence-corrected chi connectivity index (χ1v) is 9.93. The number of alkyl halides is 3. The Morgan fingerprint density at radius 2 is 1.81 bits per heavy atom. The van der Waals surface area contributed by atoms with Crippen molar-refractivity contribution in [1.29, 1.82) is 0 Å². The molecule has 3 heterocycles. The van der Waals surface area contributed by atoms with Crippen LogP contribution in [0.1, 0.15) is 22.5 Å². The molecule has 0 radical (unpaired) electrons. The Labute approximate surface area is 181 Å². The molecule has 0 bridgehead atoms. The van der Waals surface area contributed by atoms with E-state index in [0.29, 0.717) is 28.4 Å². The summed E-state index contributed by atoms with van der Waals surface area (Å²) in [7, 11) is 1.84. The molecular formula is C21H22F3N7O. The van der Waals surface area contributed by atoms with Crippen molar-refractivity contribution in [2.45, 2.75) is 26.6 Å². The third-order valence-electron chi connectivity index (χ3n) is 5.23. The maximum absolute atomic E-state index is 12.9. The van der Waals surface area contributed by atoms with E-state index >= 15 is 0 Å². The highest BCUT2D eigenvalue weighted by atomic mass is 19.4. The molecule has 11 heteroatoms. The Kier molecular flexibility index (Phi) is 5.59. The molecule has 168 valence electrons. The Hall–Kier alpha value is -3.47. The van der Waals surface area contributed by atoms with Crippen LogP contribution in [-0.4, -0.2) is 47.6 Å². The molecule has 2 N–H and O–H groups in total. The van der Waals surface area contributed by atoms with Crippen LogP contribution in [0.4, 0.5) is 19.0 Å². The number of anilines is 1. The second-order valence-electron chi connectivity index (χ2n) is 7.45. The van der Waals surface area contributed by atoms with Crippen molar-refractivity contribution in [3.05, 3.63) is 53.1 Å². The van der Waals surface area contributed by atoms with Crippen LogP contribution in [0.15, 0.2) is 30.6 Å². The van der Waals surface area contributed by atoms with Gasteiger partial charge in [-0.25, -0.2) is 15.0 Å². The van der Waals surface area contributed by atoms with Crippen LogP contribution in [-0.2, 0) is 19.8 Å². The second-order valence-corrected chi connectivity index (χ2v) is 7.45. The van der Waals surface area contributed by atoms with Gasteiger partial charge in [0.1, 0.15) is 5.52 Å². The SMILES string of the molecule is Cc1nn(C)c(C)c1-c1nc(NCCO)c2ncn(Cc3ccc(C(F)(F)F)cc3)c2n1. The lowest BCUT2D eigenvalue weighted by molar-refractivity contribution is -0.137. The molecule has 1 aromatic carbocycles. The Morgan fingerprint density at radius 3 is 2.41 bits per heavy atom. The molecule has 4 rings (SSSR count). The molecule has 0 aliphatic carbocycles. The van der Waals surface area contributed by atoms with Crippen molar-refractivity contribution < 1.29 is 18.3 Å². The van der Waals surface area contributed by atoms with Gasteiger partial charge >= 0.3 is 6.18 Å². The highest BCUT2D eigenvalue weighted by Gasteiger charge is 2.30. The second kappa shape index (κ2) is 8.23. The number of nitrogens with one attached hydrogen (secondary N) is 1. The predicted molar refractivity (Wildman–Crippen MR) is 113 cm³/mol. The Balaban J connectivity index is 1.79. The molecule has 0 unspecified atom stereocenters. The molecule has 0 saturated heterocycles. The van der Waals surface area contributed by atoms with Crippen molar-refractivity contribution >= 4 is 17.0 Å². The van der Waals surface area contributed by atoms with Gasteiger partial charge in [-0.1, -0.05) is 12.1 Å². The summed E-state index contributed by atoms with van der Waals surface area (Å²) in [6.45, 7) is 4.27. The maximum Gasteiger partial charge on any atom is 0.416 e. The summed E-state index contributed by atoms with van der Waals surface area (Å²) in [5.74, 6) is 0.920. The Bertz CT molecular complexity index is 1260. The van der Waals surface area contributed by atoms with Gasteiger partial charge < -0.3 is 15.0 Å². The summed E-state index contributed by atoms with van der Waals surface area (Å²) in [5, 5.41) is 16.7. The molecule has 0 fully saturated rings. The van der Waals surface area contributed by atoms with Crippen LogP contribution in [0.2, 0.25) is 0 Å². The van der Waals surface area contributed by atoms with Crippen molar-refractivity contribution in [2.75, 3.05) is 18.5 Å². The lowest BCUT2D eigenvalue weighted by atomic mass is 10.1. The van der Waals surface area contributed by atoms with Crippen molar-refractivity contribution in [3.63, 3.8) is 0 Å². The summed E-state index contributed by atoms with van der Waals surface area (Å²) in [6.07, 6.45) is -2.80. The molecule has 8 nitrogen and oxygen atoms in total. The number of fused-ring (bicyclic) bond motifs is 1. The van der Waals surface area contributed by atoms with E-state index in [1.165, 1.54) is 12.1 Å². The standard InChI is InChI=1S/C21H22F3N7O/c1-12-16(13(2)30(3)29-12)18-27-19(25-8-9-32)17-20(28-18)31(11-26-17)10-14-4-6-15(7-5-14)21(22,23)24/h4-7,11,32H,8-10H2,1-3H3,(H,25,27,28). The topological polar surface area (TPSA) is 93.7 Å². The summed E-state index contributed by atoms with van der Waals surface area (Å²) >= 11 is 0. The third-order valence-corrected chi connectivity index (χ3v) is 5.23. The van der Waals surface area contributed by atoms with Crippen LogP contribution in [0.3, 0.4) is 0 Å². The molecule has 0 aliphatic rings. The van der Waals surface area contributed by atoms with Crippen molar-refractivity contribution in [2.24, 2.45) is 7.05 Å². The van der Waals surface area contributed by atoms with Crippen LogP contribution < -0.4 is 5.32 Å². The van der Waals surface area contributed by atoms with E-state index in [1.807, 2.05) is 20.9 Å². The monoisotopic (exact) mass is 445 g/mol.